The van der Waals surface area contributed by atoms with Crippen LogP contribution >= 0.6 is 0 Å². The van der Waals surface area contributed by atoms with E-state index in [1.807, 2.05) is 6.92 Å². The molecule has 0 atom stereocenters. The topological polar surface area (TPSA) is 69.4 Å². The maximum absolute atomic E-state index is 11.3. The summed E-state index contributed by atoms with van der Waals surface area (Å²) in [5, 5.41) is 5.13. The third-order valence-electron chi connectivity index (χ3n) is 2.66. The monoisotopic (exact) mass is 267 g/mol. The van der Waals surface area contributed by atoms with Gasteiger partial charge in [0.15, 0.2) is 0 Å². The van der Waals surface area contributed by atoms with Crippen LogP contribution in [0.4, 0.5) is 0 Å². The van der Waals surface area contributed by atoms with E-state index < -0.39 is 10.0 Å². The molecule has 5 heteroatoms. The molecule has 1 rings (SSSR count). The van der Waals surface area contributed by atoms with Crippen molar-refractivity contribution in [3.8, 4) is 17.6 Å². The summed E-state index contributed by atoms with van der Waals surface area (Å²) in [6.45, 7) is 5.78. The van der Waals surface area contributed by atoms with E-state index in [0.29, 0.717) is 24.3 Å². The zero-order chi connectivity index (χ0) is 13.8. The Morgan fingerprint density at radius 3 is 2.50 bits per heavy atom. The molecule has 0 aliphatic rings. The lowest BCUT2D eigenvalue weighted by Gasteiger charge is -2.12. The van der Waals surface area contributed by atoms with Gasteiger partial charge in [-0.05, 0) is 44.0 Å². The normalized spacial score (nSPS) is 10.7. The van der Waals surface area contributed by atoms with Gasteiger partial charge < -0.3 is 4.74 Å². The fourth-order valence-electron chi connectivity index (χ4n) is 1.57. The minimum atomic E-state index is -3.68. The molecule has 0 heterocycles. The van der Waals surface area contributed by atoms with Crippen molar-refractivity contribution in [3.05, 3.63) is 23.3 Å². The van der Waals surface area contributed by atoms with Crippen LogP contribution in [0.3, 0.4) is 0 Å². The van der Waals surface area contributed by atoms with Crippen molar-refractivity contribution in [1.29, 1.82) is 0 Å². The Kier molecular flexibility index (Phi) is 4.76. The summed E-state index contributed by atoms with van der Waals surface area (Å²) in [7, 11) is -3.68. The van der Waals surface area contributed by atoms with Gasteiger partial charge in [0.25, 0.3) is 0 Å². The fourth-order valence-corrected chi connectivity index (χ4v) is 2.41. The van der Waals surface area contributed by atoms with E-state index in [-0.39, 0.29) is 4.90 Å². The Balaban J connectivity index is 2.97. The molecule has 0 saturated heterocycles. The number of nitrogens with two attached hydrogens (primary N) is 1. The summed E-state index contributed by atoms with van der Waals surface area (Å²) >= 11 is 0. The van der Waals surface area contributed by atoms with Gasteiger partial charge in [-0.3, -0.25) is 0 Å². The second-order valence-electron chi connectivity index (χ2n) is 3.88. The molecule has 0 bridgehead atoms. The molecule has 0 unspecified atom stereocenters. The van der Waals surface area contributed by atoms with Crippen LogP contribution in [0, 0.1) is 25.7 Å². The molecule has 18 heavy (non-hydrogen) atoms. The van der Waals surface area contributed by atoms with Crippen molar-refractivity contribution >= 4 is 10.0 Å². The smallest absolute Gasteiger partial charge is 0.238 e. The van der Waals surface area contributed by atoms with E-state index >= 15 is 0 Å². The molecule has 0 radical (unpaired) electrons. The minimum Gasteiger partial charge on any atom is -0.492 e. The van der Waals surface area contributed by atoms with Gasteiger partial charge in [-0.15, -0.1) is 11.8 Å². The second-order valence-corrected chi connectivity index (χ2v) is 5.41. The van der Waals surface area contributed by atoms with Crippen LogP contribution in [0.2, 0.25) is 0 Å². The summed E-state index contributed by atoms with van der Waals surface area (Å²) in [4.78, 5) is 0.140. The van der Waals surface area contributed by atoms with Crippen LogP contribution in [-0.4, -0.2) is 15.0 Å². The van der Waals surface area contributed by atoms with E-state index in [4.69, 9.17) is 9.88 Å². The standard InChI is InChI=1S/C13H17NO3S/c1-4-5-6-9-17-12-7-8-13(18(14,15)16)11(3)10(12)2/h7-8H,6,9H2,1-3H3,(H2,14,15,16). The minimum absolute atomic E-state index is 0.140. The van der Waals surface area contributed by atoms with Crippen LogP contribution in [0.5, 0.6) is 5.75 Å². The van der Waals surface area contributed by atoms with Crippen LogP contribution in [-0.2, 0) is 10.0 Å². The molecule has 0 aromatic heterocycles. The van der Waals surface area contributed by atoms with E-state index in [2.05, 4.69) is 11.8 Å². The van der Waals surface area contributed by atoms with Gasteiger partial charge in [-0.1, -0.05) is 0 Å². The SMILES string of the molecule is CC#CCCOc1ccc(S(N)(=O)=O)c(C)c1C. The van der Waals surface area contributed by atoms with Gasteiger partial charge in [0, 0.05) is 6.42 Å². The number of primary sulfonamides is 1. The highest BCUT2D eigenvalue weighted by atomic mass is 32.2. The highest BCUT2D eigenvalue weighted by molar-refractivity contribution is 7.89. The molecule has 0 aliphatic carbocycles. The lowest BCUT2D eigenvalue weighted by atomic mass is 10.1. The first kappa shape index (κ1) is 14.6. The third kappa shape index (κ3) is 3.49. The van der Waals surface area contributed by atoms with E-state index in [1.54, 1.807) is 19.9 Å². The van der Waals surface area contributed by atoms with Crippen LogP contribution in [0.1, 0.15) is 24.5 Å². The molecule has 0 spiro atoms. The van der Waals surface area contributed by atoms with Gasteiger partial charge in [0.2, 0.25) is 10.0 Å². The van der Waals surface area contributed by atoms with Crippen LogP contribution in [0.15, 0.2) is 17.0 Å². The van der Waals surface area contributed by atoms with Gasteiger partial charge in [-0.2, -0.15) is 0 Å². The van der Waals surface area contributed by atoms with E-state index in [9.17, 15) is 8.42 Å². The van der Waals surface area contributed by atoms with E-state index in [0.717, 1.165) is 5.56 Å². The Morgan fingerprint density at radius 1 is 1.28 bits per heavy atom. The van der Waals surface area contributed by atoms with Crippen LogP contribution in [0.25, 0.3) is 0 Å². The largest absolute Gasteiger partial charge is 0.492 e. The van der Waals surface area contributed by atoms with E-state index in [1.165, 1.54) is 6.07 Å². The molecule has 98 valence electrons. The summed E-state index contributed by atoms with van der Waals surface area (Å²) in [6.07, 6.45) is 0.645. The number of ether oxygens (including phenoxy) is 1. The first-order chi connectivity index (χ1) is 8.38. The van der Waals surface area contributed by atoms with Crippen molar-refractivity contribution < 1.29 is 13.2 Å². The van der Waals surface area contributed by atoms with Gasteiger partial charge >= 0.3 is 0 Å². The molecular formula is C13H17NO3S. The maximum atomic E-state index is 11.3. The fraction of sp³-hybridized carbons (Fsp3) is 0.385. The number of sulfonamides is 1. The summed E-state index contributed by atoms with van der Waals surface area (Å²) in [5.74, 6) is 6.35. The molecule has 0 fully saturated rings. The zero-order valence-corrected chi connectivity index (χ0v) is 11.6. The van der Waals surface area contributed by atoms with Gasteiger partial charge in [0.1, 0.15) is 5.75 Å². The number of benzene rings is 1. The zero-order valence-electron chi connectivity index (χ0n) is 10.8. The van der Waals surface area contributed by atoms with Crippen LogP contribution < -0.4 is 9.88 Å². The molecule has 0 amide bonds. The van der Waals surface area contributed by atoms with Gasteiger partial charge in [0.05, 0.1) is 11.5 Å². The predicted molar refractivity (Wildman–Crippen MR) is 70.9 cm³/mol. The Morgan fingerprint density at radius 2 is 1.94 bits per heavy atom. The highest BCUT2D eigenvalue weighted by Crippen LogP contribution is 2.26. The number of rotatable bonds is 4. The number of hydrogen-bond acceptors (Lipinski definition) is 3. The molecule has 4 nitrogen and oxygen atoms in total. The maximum Gasteiger partial charge on any atom is 0.238 e. The lowest BCUT2D eigenvalue weighted by molar-refractivity contribution is 0.324. The summed E-state index contributed by atoms with van der Waals surface area (Å²) < 4.78 is 28.2. The lowest BCUT2D eigenvalue weighted by Crippen LogP contribution is -2.14. The van der Waals surface area contributed by atoms with Gasteiger partial charge in [-0.25, -0.2) is 13.6 Å². The molecule has 1 aromatic carbocycles. The summed E-state index contributed by atoms with van der Waals surface area (Å²) in [5.41, 5.74) is 1.41. The molecule has 0 aliphatic heterocycles. The van der Waals surface area contributed by atoms with Crippen molar-refractivity contribution in [3.63, 3.8) is 0 Å². The average molecular weight is 267 g/mol. The molecule has 2 N–H and O–H groups in total. The first-order valence-corrected chi connectivity index (χ1v) is 7.08. The first-order valence-electron chi connectivity index (χ1n) is 5.53. The Labute approximate surface area is 108 Å². The molecule has 1 aromatic rings. The highest BCUT2D eigenvalue weighted by Gasteiger charge is 2.15. The Bertz CT molecular complexity index is 595. The summed E-state index contributed by atoms with van der Waals surface area (Å²) in [6, 6.07) is 3.10. The van der Waals surface area contributed by atoms with Crippen molar-refractivity contribution in [2.24, 2.45) is 5.14 Å². The molecule has 0 saturated carbocycles. The van der Waals surface area contributed by atoms with Crippen molar-refractivity contribution in [1.82, 2.24) is 0 Å². The Hall–Kier alpha value is -1.51. The molecular weight excluding hydrogens is 250 g/mol. The van der Waals surface area contributed by atoms with Crippen molar-refractivity contribution in [2.45, 2.75) is 32.1 Å². The number of hydrogen-bond donors (Lipinski definition) is 1. The second kappa shape index (κ2) is 5.89. The average Bonchev–Trinajstić information content (AvgIpc) is 2.28. The quantitative estimate of drug-likeness (QED) is 0.667. The van der Waals surface area contributed by atoms with Crippen molar-refractivity contribution in [2.75, 3.05) is 6.61 Å². The third-order valence-corrected chi connectivity index (χ3v) is 3.71. The predicted octanol–water partition coefficient (Wildman–Crippen LogP) is 1.74.